The molecule has 6 heteroatoms. The smallest absolute Gasteiger partial charge is 0.242 e. The predicted octanol–water partition coefficient (Wildman–Crippen LogP) is 1.75. The minimum atomic E-state index is -0.330. The Bertz CT molecular complexity index is 637. The van der Waals surface area contributed by atoms with Crippen molar-refractivity contribution in [2.75, 3.05) is 26.2 Å². The average molecular weight is 332 g/mol. The number of imidazole rings is 1. The Morgan fingerprint density at radius 3 is 2.75 bits per heavy atom. The third kappa shape index (κ3) is 2.94. The lowest BCUT2D eigenvalue weighted by Crippen LogP contribution is -2.50. The standard InChI is InChI=1S/C18H28N4O2/c1-4-8-20-9-5-6-18(17(20)24)7-10-21(12-18)16(23)11-22-13-19-14(2)15(22)3/h13H,4-12H2,1-3H3/t18-/m1/s1. The Balaban J connectivity index is 1.67. The fourth-order valence-corrected chi connectivity index (χ4v) is 4.05. The Labute approximate surface area is 143 Å². The number of hydrogen-bond donors (Lipinski definition) is 0. The van der Waals surface area contributed by atoms with Crippen LogP contribution >= 0.6 is 0 Å². The van der Waals surface area contributed by atoms with E-state index in [9.17, 15) is 9.59 Å². The van der Waals surface area contributed by atoms with E-state index in [0.717, 1.165) is 50.2 Å². The lowest BCUT2D eigenvalue weighted by atomic mass is 9.78. The maximum absolute atomic E-state index is 12.9. The zero-order chi connectivity index (χ0) is 17.3. The number of piperidine rings is 1. The number of likely N-dealkylation sites (tertiary alicyclic amines) is 2. The van der Waals surface area contributed by atoms with Crippen molar-refractivity contribution >= 4 is 11.8 Å². The number of carbonyl (C=O) groups excluding carboxylic acids is 2. The molecule has 6 nitrogen and oxygen atoms in total. The maximum atomic E-state index is 12.9. The molecule has 2 fully saturated rings. The second-order valence-electron chi connectivity index (χ2n) is 7.28. The van der Waals surface area contributed by atoms with Crippen molar-refractivity contribution in [3.8, 4) is 0 Å². The molecule has 2 amide bonds. The number of aryl methyl sites for hydroxylation is 1. The molecule has 3 rings (SSSR count). The summed E-state index contributed by atoms with van der Waals surface area (Å²) in [6.45, 7) is 9.33. The van der Waals surface area contributed by atoms with Crippen LogP contribution in [0.2, 0.25) is 0 Å². The predicted molar refractivity (Wildman–Crippen MR) is 91.4 cm³/mol. The van der Waals surface area contributed by atoms with E-state index in [1.165, 1.54) is 0 Å². The molecule has 1 aromatic rings. The van der Waals surface area contributed by atoms with Crippen LogP contribution < -0.4 is 0 Å². The molecule has 0 radical (unpaired) electrons. The molecule has 0 saturated carbocycles. The van der Waals surface area contributed by atoms with Crippen molar-refractivity contribution in [1.82, 2.24) is 19.4 Å². The van der Waals surface area contributed by atoms with Crippen LogP contribution in [0.3, 0.4) is 0 Å². The Morgan fingerprint density at radius 1 is 1.29 bits per heavy atom. The first-order valence-corrected chi connectivity index (χ1v) is 9.02. The van der Waals surface area contributed by atoms with E-state index in [1.807, 2.05) is 28.2 Å². The molecule has 1 spiro atoms. The molecule has 0 unspecified atom stereocenters. The van der Waals surface area contributed by atoms with Gasteiger partial charge in [0, 0.05) is 31.9 Å². The number of carbonyl (C=O) groups is 2. The molecule has 0 aliphatic carbocycles. The first-order chi connectivity index (χ1) is 11.5. The van der Waals surface area contributed by atoms with E-state index in [4.69, 9.17) is 0 Å². The van der Waals surface area contributed by atoms with Gasteiger partial charge in [0.2, 0.25) is 11.8 Å². The van der Waals surface area contributed by atoms with Crippen LogP contribution in [0.25, 0.3) is 0 Å². The number of amides is 2. The van der Waals surface area contributed by atoms with E-state index < -0.39 is 0 Å². The van der Waals surface area contributed by atoms with Gasteiger partial charge in [-0.1, -0.05) is 6.92 Å². The van der Waals surface area contributed by atoms with Crippen molar-refractivity contribution in [1.29, 1.82) is 0 Å². The highest BCUT2D eigenvalue weighted by molar-refractivity contribution is 5.86. The van der Waals surface area contributed by atoms with Gasteiger partial charge in [0.1, 0.15) is 6.54 Å². The molecular formula is C18H28N4O2. The largest absolute Gasteiger partial charge is 0.342 e. The summed E-state index contributed by atoms with van der Waals surface area (Å²) in [5, 5.41) is 0. The van der Waals surface area contributed by atoms with Crippen LogP contribution in [-0.2, 0) is 16.1 Å². The summed E-state index contributed by atoms with van der Waals surface area (Å²) in [6.07, 6.45) is 5.49. The van der Waals surface area contributed by atoms with Crippen molar-refractivity contribution in [3.05, 3.63) is 17.7 Å². The number of nitrogens with zero attached hydrogens (tertiary/aromatic N) is 4. The van der Waals surface area contributed by atoms with E-state index in [0.29, 0.717) is 19.6 Å². The molecule has 24 heavy (non-hydrogen) atoms. The monoisotopic (exact) mass is 332 g/mol. The molecule has 0 aromatic carbocycles. The van der Waals surface area contributed by atoms with Gasteiger partial charge < -0.3 is 14.4 Å². The van der Waals surface area contributed by atoms with Gasteiger partial charge in [-0.15, -0.1) is 0 Å². The number of aromatic nitrogens is 2. The van der Waals surface area contributed by atoms with Crippen LogP contribution in [-0.4, -0.2) is 57.3 Å². The lowest BCUT2D eigenvalue weighted by Gasteiger charge is -2.39. The second kappa shape index (κ2) is 6.57. The van der Waals surface area contributed by atoms with Crippen LogP contribution in [0.1, 0.15) is 44.0 Å². The summed E-state index contributed by atoms with van der Waals surface area (Å²) >= 11 is 0. The van der Waals surface area contributed by atoms with Gasteiger partial charge in [-0.05, 0) is 39.5 Å². The van der Waals surface area contributed by atoms with Gasteiger partial charge >= 0.3 is 0 Å². The normalized spacial score (nSPS) is 24.2. The second-order valence-corrected chi connectivity index (χ2v) is 7.28. The molecule has 3 heterocycles. The molecule has 1 aromatic heterocycles. The van der Waals surface area contributed by atoms with E-state index >= 15 is 0 Å². The van der Waals surface area contributed by atoms with Crippen LogP contribution in [0.15, 0.2) is 6.33 Å². The van der Waals surface area contributed by atoms with Crippen LogP contribution in [0.4, 0.5) is 0 Å². The van der Waals surface area contributed by atoms with Crippen LogP contribution in [0, 0.1) is 19.3 Å². The van der Waals surface area contributed by atoms with Gasteiger partial charge in [-0.3, -0.25) is 9.59 Å². The minimum absolute atomic E-state index is 0.0905. The van der Waals surface area contributed by atoms with Crippen molar-refractivity contribution < 1.29 is 9.59 Å². The number of rotatable bonds is 4. The van der Waals surface area contributed by atoms with Gasteiger partial charge in [0.05, 0.1) is 17.4 Å². The zero-order valence-electron chi connectivity index (χ0n) is 15.0. The fraction of sp³-hybridized carbons (Fsp3) is 0.722. The molecule has 2 aliphatic rings. The summed E-state index contributed by atoms with van der Waals surface area (Å²) in [5.41, 5.74) is 1.65. The summed E-state index contributed by atoms with van der Waals surface area (Å²) in [4.78, 5) is 33.7. The molecule has 0 N–H and O–H groups in total. The summed E-state index contributed by atoms with van der Waals surface area (Å²) < 4.78 is 1.90. The van der Waals surface area contributed by atoms with Gasteiger partial charge in [0.15, 0.2) is 0 Å². The minimum Gasteiger partial charge on any atom is -0.342 e. The third-order valence-electron chi connectivity index (χ3n) is 5.68. The Kier molecular flexibility index (Phi) is 4.65. The lowest BCUT2D eigenvalue weighted by molar-refractivity contribution is -0.146. The maximum Gasteiger partial charge on any atom is 0.242 e. The van der Waals surface area contributed by atoms with Crippen molar-refractivity contribution in [2.45, 2.75) is 53.0 Å². The van der Waals surface area contributed by atoms with E-state index in [2.05, 4.69) is 11.9 Å². The Morgan fingerprint density at radius 2 is 2.08 bits per heavy atom. The van der Waals surface area contributed by atoms with Crippen molar-refractivity contribution in [3.63, 3.8) is 0 Å². The average Bonchev–Trinajstić information content (AvgIpc) is 3.12. The van der Waals surface area contributed by atoms with Gasteiger partial charge in [0.25, 0.3) is 0 Å². The van der Waals surface area contributed by atoms with Crippen molar-refractivity contribution in [2.24, 2.45) is 5.41 Å². The fourth-order valence-electron chi connectivity index (χ4n) is 4.05. The molecular weight excluding hydrogens is 304 g/mol. The first kappa shape index (κ1) is 17.0. The topological polar surface area (TPSA) is 58.4 Å². The molecule has 0 bridgehead atoms. The highest BCUT2D eigenvalue weighted by atomic mass is 16.2. The van der Waals surface area contributed by atoms with Gasteiger partial charge in [-0.2, -0.15) is 0 Å². The molecule has 2 aliphatic heterocycles. The quantitative estimate of drug-likeness (QED) is 0.844. The molecule has 1 atom stereocenters. The van der Waals surface area contributed by atoms with E-state index in [1.54, 1.807) is 6.33 Å². The summed E-state index contributed by atoms with van der Waals surface area (Å²) in [5.74, 6) is 0.355. The summed E-state index contributed by atoms with van der Waals surface area (Å²) in [7, 11) is 0. The van der Waals surface area contributed by atoms with Crippen LogP contribution in [0.5, 0.6) is 0 Å². The molecule has 132 valence electrons. The SMILES string of the molecule is CCCN1CCC[C@]2(CCN(C(=O)Cn3cnc(C)c3C)C2)C1=O. The highest BCUT2D eigenvalue weighted by Crippen LogP contribution is 2.40. The highest BCUT2D eigenvalue weighted by Gasteiger charge is 2.49. The van der Waals surface area contributed by atoms with Gasteiger partial charge in [-0.25, -0.2) is 4.98 Å². The zero-order valence-corrected chi connectivity index (χ0v) is 15.0. The van der Waals surface area contributed by atoms with E-state index in [-0.39, 0.29) is 17.2 Å². The Hall–Kier alpha value is -1.85. The first-order valence-electron chi connectivity index (χ1n) is 9.02. The third-order valence-corrected chi connectivity index (χ3v) is 5.68. The molecule has 2 saturated heterocycles. The summed E-state index contributed by atoms with van der Waals surface area (Å²) in [6, 6.07) is 0. The number of hydrogen-bond acceptors (Lipinski definition) is 3.